The van der Waals surface area contributed by atoms with Crippen molar-refractivity contribution in [3.8, 4) is 22.3 Å². The number of hydrogen-bond donors (Lipinski definition) is 0. The summed E-state index contributed by atoms with van der Waals surface area (Å²) < 4.78 is 80.1. The molecule has 2 unspecified atom stereocenters. The molecular formula is C31H27F5O. The van der Waals surface area contributed by atoms with Crippen LogP contribution in [0.1, 0.15) is 48.1 Å². The topological polar surface area (TPSA) is 9.23 Å². The Labute approximate surface area is 212 Å². The number of aryl methyl sites for hydroxylation is 2. The van der Waals surface area contributed by atoms with Crippen molar-refractivity contribution in [3.63, 3.8) is 0 Å². The molecule has 2 atom stereocenters. The molecule has 4 aromatic carbocycles. The minimum absolute atomic E-state index is 0.000223. The Morgan fingerprint density at radius 3 is 1.86 bits per heavy atom. The van der Waals surface area contributed by atoms with Gasteiger partial charge in [0.1, 0.15) is 29.1 Å². The summed E-state index contributed by atoms with van der Waals surface area (Å²) >= 11 is 0. The first-order valence-electron chi connectivity index (χ1n) is 12.4. The van der Waals surface area contributed by atoms with Crippen molar-refractivity contribution in [1.29, 1.82) is 0 Å². The second-order valence-electron chi connectivity index (χ2n) is 10.2. The molecule has 0 bridgehead atoms. The molecule has 1 aliphatic heterocycles. The van der Waals surface area contributed by atoms with Crippen LogP contribution in [0.3, 0.4) is 0 Å². The zero-order valence-corrected chi connectivity index (χ0v) is 21.1. The fraction of sp³-hybridized carbons (Fsp3) is 0.290. The lowest BCUT2D eigenvalue weighted by Gasteiger charge is -2.28. The molecule has 0 radical (unpaired) electrons. The van der Waals surface area contributed by atoms with Crippen LogP contribution in [0.5, 0.6) is 0 Å². The summed E-state index contributed by atoms with van der Waals surface area (Å²) in [4.78, 5) is 0. The van der Waals surface area contributed by atoms with E-state index in [-0.39, 0.29) is 22.6 Å². The van der Waals surface area contributed by atoms with E-state index >= 15 is 8.78 Å². The Morgan fingerprint density at radius 2 is 1.27 bits per heavy atom. The van der Waals surface area contributed by atoms with Crippen LogP contribution in [0.25, 0.3) is 33.0 Å². The molecule has 5 rings (SSSR count). The Balaban J connectivity index is 1.56. The van der Waals surface area contributed by atoms with Crippen LogP contribution in [0.2, 0.25) is 0 Å². The molecule has 37 heavy (non-hydrogen) atoms. The highest BCUT2D eigenvalue weighted by Gasteiger charge is 2.23. The van der Waals surface area contributed by atoms with Crippen molar-refractivity contribution in [3.05, 3.63) is 93.8 Å². The molecule has 0 aromatic heterocycles. The number of halogens is 5. The van der Waals surface area contributed by atoms with Crippen molar-refractivity contribution < 1.29 is 26.7 Å². The van der Waals surface area contributed by atoms with Gasteiger partial charge in [-0.15, -0.1) is 0 Å². The van der Waals surface area contributed by atoms with Gasteiger partial charge in [0, 0.05) is 12.2 Å². The summed E-state index contributed by atoms with van der Waals surface area (Å²) in [6.45, 7) is 7.85. The van der Waals surface area contributed by atoms with Gasteiger partial charge in [-0.2, -0.15) is 0 Å². The second-order valence-corrected chi connectivity index (χ2v) is 10.2. The van der Waals surface area contributed by atoms with Gasteiger partial charge in [0.15, 0.2) is 0 Å². The molecule has 1 saturated heterocycles. The summed E-state index contributed by atoms with van der Waals surface area (Å²) in [7, 11) is 0. The maximum absolute atomic E-state index is 15.4. The Hall–Kier alpha value is -3.25. The fourth-order valence-electron chi connectivity index (χ4n) is 5.43. The third-order valence-corrected chi connectivity index (χ3v) is 7.36. The van der Waals surface area contributed by atoms with Gasteiger partial charge in [0.05, 0.1) is 17.1 Å². The van der Waals surface area contributed by atoms with E-state index in [0.29, 0.717) is 23.7 Å². The predicted molar refractivity (Wildman–Crippen MR) is 136 cm³/mol. The summed E-state index contributed by atoms with van der Waals surface area (Å²) in [5.41, 5.74) is 2.92. The third-order valence-electron chi connectivity index (χ3n) is 7.36. The van der Waals surface area contributed by atoms with Crippen molar-refractivity contribution in [2.75, 3.05) is 6.61 Å². The predicted octanol–water partition coefficient (Wildman–Crippen LogP) is 9.28. The highest BCUT2D eigenvalue weighted by Crippen LogP contribution is 2.39. The first-order valence-corrected chi connectivity index (χ1v) is 12.4. The van der Waals surface area contributed by atoms with E-state index in [9.17, 15) is 13.2 Å². The van der Waals surface area contributed by atoms with E-state index in [1.165, 1.54) is 25.1 Å². The lowest BCUT2D eigenvalue weighted by Crippen LogP contribution is -2.18. The lowest BCUT2D eigenvalue weighted by atomic mass is 9.88. The molecule has 0 aliphatic carbocycles. The highest BCUT2D eigenvalue weighted by molar-refractivity contribution is 5.89. The summed E-state index contributed by atoms with van der Waals surface area (Å²) in [5, 5.41) is -0.525. The van der Waals surface area contributed by atoms with Gasteiger partial charge in [0.25, 0.3) is 0 Å². The summed E-state index contributed by atoms with van der Waals surface area (Å²) in [5.74, 6) is -4.17. The molecule has 1 heterocycles. The van der Waals surface area contributed by atoms with Gasteiger partial charge in [-0.25, -0.2) is 22.0 Å². The standard InChI is InChI=1S/C31H27F5O/c1-15-5-6-27(37-14-15)19-7-16(2)28(17(3)8-19)22-12-24(33)29(25(34)13-22)20-9-21-10-23(32)18(4)31(36)30(21)26(35)11-20/h7-13,15,27H,5-6,14H2,1-4H3. The van der Waals surface area contributed by atoms with Crippen molar-refractivity contribution in [1.82, 2.24) is 0 Å². The number of ether oxygens (including phenoxy) is 1. The zero-order valence-electron chi connectivity index (χ0n) is 21.1. The van der Waals surface area contributed by atoms with Crippen LogP contribution in [-0.2, 0) is 4.74 Å². The van der Waals surface area contributed by atoms with Crippen LogP contribution < -0.4 is 0 Å². The fourth-order valence-corrected chi connectivity index (χ4v) is 5.43. The van der Waals surface area contributed by atoms with Gasteiger partial charge in [0.2, 0.25) is 0 Å². The maximum atomic E-state index is 15.4. The average molecular weight is 511 g/mol. The molecule has 192 valence electrons. The summed E-state index contributed by atoms with van der Waals surface area (Å²) in [6, 6.07) is 9.46. The lowest BCUT2D eigenvalue weighted by molar-refractivity contribution is -0.0124. The smallest absolute Gasteiger partial charge is 0.139 e. The number of rotatable bonds is 3. The molecule has 0 saturated carbocycles. The monoisotopic (exact) mass is 510 g/mol. The van der Waals surface area contributed by atoms with Crippen molar-refractivity contribution in [2.45, 2.75) is 46.6 Å². The normalized spacial score (nSPS) is 18.0. The summed E-state index contributed by atoms with van der Waals surface area (Å²) in [6.07, 6.45) is 2.00. The second kappa shape index (κ2) is 9.56. The molecule has 0 N–H and O–H groups in total. The van der Waals surface area contributed by atoms with E-state index in [4.69, 9.17) is 4.74 Å². The molecule has 1 fully saturated rings. The van der Waals surface area contributed by atoms with E-state index in [0.717, 1.165) is 41.7 Å². The number of benzene rings is 4. The minimum atomic E-state index is -1.03. The maximum Gasteiger partial charge on any atom is 0.139 e. The molecular weight excluding hydrogens is 483 g/mol. The number of hydrogen-bond acceptors (Lipinski definition) is 1. The molecule has 4 aromatic rings. The largest absolute Gasteiger partial charge is 0.373 e. The van der Waals surface area contributed by atoms with Crippen LogP contribution in [0.4, 0.5) is 22.0 Å². The Bertz CT molecular complexity index is 1490. The van der Waals surface area contributed by atoms with Crippen LogP contribution >= 0.6 is 0 Å². The first-order chi connectivity index (χ1) is 17.5. The molecule has 1 aliphatic rings. The van der Waals surface area contributed by atoms with Crippen molar-refractivity contribution >= 4 is 10.8 Å². The third kappa shape index (κ3) is 4.52. The van der Waals surface area contributed by atoms with Gasteiger partial charge >= 0.3 is 0 Å². The molecule has 0 spiro atoms. The molecule has 1 nitrogen and oxygen atoms in total. The van der Waals surface area contributed by atoms with E-state index in [1.54, 1.807) is 0 Å². The quantitative estimate of drug-likeness (QED) is 0.250. The van der Waals surface area contributed by atoms with Crippen LogP contribution in [0, 0.1) is 55.8 Å². The zero-order chi connectivity index (χ0) is 26.6. The molecule has 6 heteroatoms. The van der Waals surface area contributed by atoms with Crippen molar-refractivity contribution in [2.24, 2.45) is 5.92 Å². The van der Waals surface area contributed by atoms with E-state index in [2.05, 4.69) is 6.92 Å². The first kappa shape index (κ1) is 25.4. The SMILES string of the molecule is Cc1cc(C2CCC(C)CO2)cc(C)c1-c1cc(F)c(-c2cc(F)c3c(F)c(C)c(F)cc3c2)c(F)c1. The van der Waals surface area contributed by atoms with Crippen LogP contribution in [-0.4, -0.2) is 6.61 Å². The van der Waals surface area contributed by atoms with Gasteiger partial charge in [-0.05, 0) is 109 Å². The van der Waals surface area contributed by atoms with Gasteiger partial charge < -0.3 is 4.74 Å². The van der Waals surface area contributed by atoms with Gasteiger partial charge in [-0.3, -0.25) is 0 Å². The van der Waals surface area contributed by atoms with E-state index in [1.807, 2.05) is 26.0 Å². The Morgan fingerprint density at radius 1 is 0.676 bits per heavy atom. The Kier molecular flexibility index (Phi) is 6.57. The minimum Gasteiger partial charge on any atom is -0.373 e. The van der Waals surface area contributed by atoms with Crippen LogP contribution in [0.15, 0.2) is 42.5 Å². The average Bonchev–Trinajstić information content (AvgIpc) is 2.82. The van der Waals surface area contributed by atoms with Gasteiger partial charge in [-0.1, -0.05) is 19.1 Å². The number of fused-ring (bicyclic) bond motifs is 1. The molecule has 0 amide bonds. The van der Waals surface area contributed by atoms with E-state index < -0.39 is 40.0 Å². The highest BCUT2D eigenvalue weighted by atomic mass is 19.2.